The molecule has 31 heavy (non-hydrogen) atoms. The van der Waals surface area contributed by atoms with Crippen molar-refractivity contribution in [3.63, 3.8) is 0 Å². The zero-order valence-corrected chi connectivity index (χ0v) is 17.9. The van der Waals surface area contributed by atoms with Crippen molar-refractivity contribution in [2.75, 3.05) is 5.75 Å². The van der Waals surface area contributed by atoms with Crippen molar-refractivity contribution in [3.8, 4) is 0 Å². The Bertz CT molecular complexity index is 994. The van der Waals surface area contributed by atoms with Gasteiger partial charge in [0.1, 0.15) is 0 Å². The van der Waals surface area contributed by atoms with Gasteiger partial charge in [-0.05, 0) is 28.8 Å². The monoisotopic (exact) mass is 424 g/mol. The largest absolute Gasteiger partial charge is 0.343 e. The Labute approximate surface area is 187 Å². The molecule has 0 fully saturated rings. The van der Waals surface area contributed by atoms with Crippen LogP contribution in [0.3, 0.4) is 0 Å². The molecule has 0 radical (unpaired) electrons. The second-order valence-electron chi connectivity index (χ2n) is 7.18. The Hall–Kier alpha value is -3.37. The Balaban J connectivity index is 1.50. The number of rotatable bonds is 8. The van der Waals surface area contributed by atoms with Gasteiger partial charge < -0.3 is 5.32 Å². The molecule has 4 rings (SSSR count). The van der Waals surface area contributed by atoms with Crippen molar-refractivity contribution >= 4 is 17.7 Å². The molecule has 1 atom stereocenters. The van der Waals surface area contributed by atoms with E-state index in [9.17, 15) is 4.79 Å². The number of pyridine rings is 1. The number of carbonyl (C=O) groups is 1. The first-order chi connectivity index (χ1) is 15.3. The van der Waals surface area contributed by atoms with E-state index in [1.165, 1.54) is 11.1 Å². The minimum absolute atomic E-state index is 0.0126. The maximum Gasteiger partial charge on any atom is 0.230 e. The minimum Gasteiger partial charge on any atom is -0.343 e. The molecule has 154 valence electrons. The van der Waals surface area contributed by atoms with Crippen LogP contribution in [0.2, 0.25) is 0 Å². The van der Waals surface area contributed by atoms with E-state index in [2.05, 4.69) is 34.6 Å². The molecule has 0 saturated heterocycles. The molecule has 1 amide bonds. The molecule has 0 unspecified atom stereocenters. The van der Waals surface area contributed by atoms with Gasteiger partial charge in [0.25, 0.3) is 0 Å². The van der Waals surface area contributed by atoms with Crippen molar-refractivity contribution < 1.29 is 4.79 Å². The number of amides is 1. The van der Waals surface area contributed by atoms with Crippen molar-refractivity contribution in [3.05, 3.63) is 138 Å². The molecule has 4 aromatic rings. The fraction of sp³-hybridized carbons (Fsp3) is 0.111. The third kappa shape index (κ3) is 5.62. The van der Waals surface area contributed by atoms with Gasteiger partial charge in [0.15, 0.2) is 0 Å². The summed E-state index contributed by atoms with van der Waals surface area (Å²) in [6.07, 6.45) is 1.76. The first kappa shape index (κ1) is 20.9. The van der Waals surface area contributed by atoms with Crippen molar-refractivity contribution in [1.29, 1.82) is 0 Å². The molecular weight excluding hydrogens is 400 g/mol. The smallest absolute Gasteiger partial charge is 0.230 e. The van der Waals surface area contributed by atoms with Gasteiger partial charge in [-0.25, -0.2) is 0 Å². The first-order valence-electron chi connectivity index (χ1n) is 10.3. The van der Waals surface area contributed by atoms with E-state index < -0.39 is 0 Å². The number of hydrogen-bond donors (Lipinski definition) is 1. The number of carbonyl (C=O) groups excluding carboxylic acids is 1. The molecule has 0 aliphatic heterocycles. The van der Waals surface area contributed by atoms with E-state index in [0.717, 1.165) is 11.3 Å². The van der Waals surface area contributed by atoms with Gasteiger partial charge in [0.2, 0.25) is 5.91 Å². The predicted molar refractivity (Wildman–Crippen MR) is 128 cm³/mol. The van der Waals surface area contributed by atoms with E-state index in [0.29, 0.717) is 5.75 Å². The molecule has 0 saturated carbocycles. The third-order valence-electron chi connectivity index (χ3n) is 5.01. The fourth-order valence-electron chi connectivity index (χ4n) is 3.52. The normalized spacial score (nSPS) is 11.8. The highest BCUT2D eigenvalue weighted by molar-refractivity contribution is 8.00. The highest BCUT2D eigenvalue weighted by Crippen LogP contribution is 2.35. The molecule has 0 bridgehead atoms. The fourth-order valence-corrected chi connectivity index (χ4v) is 4.62. The molecule has 0 aliphatic carbocycles. The lowest BCUT2D eigenvalue weighted by Crippen LogP contribution is -2.31. The number of nitrogens with zero attached hydrogens (tertiary/aromatic N) is 1. The van der Waals surface area contributed by atoms with E-state index in [4.69, 9.17) is 0 Å². The lowest BCUT2D eigenvalue weighted by atomic mass is 10.0. The number of thioether (sulfide) groups is 1. The third-order valence-corrected chi connectivity index (χ3v) is 6.31. The number of aromatic nitrogens is 1. The predicted octanol–water partition coefficient (Wildman–Crippen LogP) is 5.81. The highest BCUT2D eigenvalue weighted by Gasteiger charge is 2.20. The van der Waals surface area contributed by atoms with Crippen LogP contribution in [0.1, 0.15) is 33.7 Å². The van der Waals surface area contributed by atoms with Crippen LogP contribution in [-0.2, 0) is 4.79 Å². The average molecular weight is 425 g/mol. The first-order valence-corrected chi connectivity index (χ1v) is 11.3. The lowest BCUT2D eigenvalue weighted by molar-refractivity contribution is -0.119. The van der Waals surface area contributed by atoms with Gasteiger partial charge in [-0.3, -0.25) is 9.78 Å². The summed E-state index contributed by atoms with van der Waals surface area (Å²) in [6.45, 7) is 0. The van der Waals surface area contributed by atoms with Crippen molar-refractivity contribution in [1.82, 2.24) is 10.3 Å². The van der Waals surface area contributed by atoms with E-state index in [1.807, 2.05) is 84.9 Å². The summed E-state index contributed by atoms with van der Waals surface area (Å²) in [5.41, 5.74) is 4.23. The molecule has 0 aliphatic rings. The number of hydrogen-bond acceptors (Lipinski definition) is 3. The van der Waals surface area contributed by atoms with Gasteiger partial charge in [-0.15, -0.1) is 11.8 Å². The van der Waals surface area contributed by atoms with Gasteiger partial charge in [0.05, 0.1) is 22.7 Å². The molecule has 1 heterocycles. The Morgan fingerprint density at radius 1 is 0.710 bits per heavy atom. The zero-order chi connectivity index (χ0) is 21.3. The van der Waals surface area contributed by atoms with Crippen LogP contribution in [0, 0.1) is 0 Å². The standard InChI is InChI=1S/C27H24N2OS/c30-25(29-26(21-12-4-1-5-13-21)24-18-10-11-19-28-24)20-31-27(22-14-6-2-7-15-22)23-16-8-3-9-17-23/h1-19,26-27H,20H2,(H,29,30)/t26-/m1/s1. The topological polar surface area (TPSA) is 42.0 Å². The second-order valence-corrected chi connectivity index (χ2v) is 8.27. The summed E-state index contributed by atoms with van der Waals surface area (Å²) in [4.78, 5) is 17.5. The number of benzene rings is 3. The molecule has 4 heteroatoms. The van der Waals surface area contributed by atoms with Gasteiger partial charge in [0, 0.05) is 6.20 Å². The Morgan fingerprint density at radius 2 is 1.23 bits per heavy atom. The van der Waals surface area contributed by atoms with E-state index in [-0.39, 0.29) is 17.2 Å². The Morgan fingerprint density at radius 3 is 1.74 bits per heavy atom. The minimum atomic E-state index is -0.276. The summed E-state index contributed by atoms with van der Waals surface area (Å²) in [5.74, 6) is 0.339. The van der Waals surface area contributed by atoms with Gasteiger partial charge >= 0.3 is 0 Å². The quantitative estimate of drug-likeness (QED) is 0.388. The lowest BCUT2D eigenvalue weighted by Gasteiger charge is -2.21. The van der Waals surface area contributed by atoms with Crippen LogP contribution in [0.15, 0.2) is 115 Å². The van der Waals surface area contributed by atoms with Gasteiger partial charge in [-0.1, -0.05) is 97.1 Å². The summed E-state index contributed by atoms with van der Waals surface area (Å²) < 4.78 is 0. The zero-order valence-electron chi connectivity index (χ0n) is 17.1. The van der Waals surface area contributed by atoms with E-state index in [1.54, 1.807) is 18.0 Å². The van der Waals surface area contributed by atoms with E-state index >= 15 is 0 Å². The summed E-state index contributed by atoms with van der Waals surface area (Å²) in [5, 5.41) is 3.28. The summed E-state index contributed by atoms with van der Waals surface area (Å²) in [7, 11) is 0. The average Bonchev–Trinajstić information content (AvgIpc) is 2.85. The van der Waals surface area contributed by atoms with Crippen LogP contribution in [-0.4, -0.2) is 16.6 Å². The Kier molecular flexibility index (Phi) is 7.14. The molecule has 0 spiro atoms. The molecule has 3 aromatic carbocycles. The molecule has 3 nitrogen and oxygen atoms in total. The second kappa shape index (κ2) is 10.6. The maximum atomic E-state index is 13.0. The summed E-state index contributed by atoms with van der Waals surface area (Å²) >= 11 is 1.64. The van der Waals surface area contributed by atoms with Gasteiger partial charge in [-0.2, -0.15) is 0 Å². The molecule has 1 N–H and O–H groups in total. The van der Waals surface area contributed by atoms with Crippen molar-refractivity contribution in [2.24, 2.45) is 0 Å². The summed E-state index contributed by atoms with van der Waals surface area (Å²) in [6, 6.07) is 36.1. The van der Waals surface area contributed by atoms with Crippen LogP contribution in [0.4, 0.5) is 0 Å². The SMILES string of the molecule is O=C(CSC(c1ccccc1)c1ccccc1)N[C@H](c1ccccc1)c1ccccn1. The number of nitrogens with one attached hydrogen (secondary N) is 1. The maximum absolute atomic E-state index is 13.0. The highest BCUT2D eigenvalue weighted by atomic mass is 32.2. The van der Waals surface area contributed by atoms with Crippen LogP contribution >= 0.6 is 11.8 Å². The van der Waals surface area contributed by atoms with Crippen LogP contribution in [0.25, 0.3) is 0 Å². The molecular formula is C27H24N2OS. The molecule has 1 aromatic heterocycles. The van der Waals surface area contributed by atoms with Crippen molar-refractivity contribution in [2.45, 2.75) is 11.3 Å². The van der Waals surface area contributed by atoms with Crippen LogP contribution in [0.5, 0.6) is 0 Å². The van der Waals surface area contributed by atoms with Crippen LogP contribution < -0.4 is 5.32 Å².